The zero-order chi connectivity index (χ0) is 13.1. The van der Waals surface area contributed by atoms with Gasteiger partial charge in [0.2, 0.25) is 5.91 Å². The summed E-state index contributed by atoms with van der Waals surface area (Å²) in [7, 11) is 0. The average Bonchev–Trinajstić information content (AvgIpc) is 2.71. The van der Waals surface area contributed by atoms with Gasteiger partial charge in [-0.3, -0.25) is 4.79 Å². The minimum atomic E-state index is 0.265. The predicted molar refractivity (Wildman–Crippen MR) is 77.3 cm³/mol. The van der Waals surface area contributed by atoms with E-state index in [1.807, 2.05) is 18.1 Å². The predicted octanol–water partition coefficient (Wildman–Crippen LogP) is 2.97. The maximum Gasteiger partial charge on any atom is 0.227 e. The number of likely N-dealkylation sites (tertiary alicyclic amines) is 1. The lowest BCUT2D eigenvalue weighted by Crippen LogP contribution is -2.38. The highest BCUT2D eigenvalue weighted by atomic mass is 32.2. The fraction of sp³-hybridized carbons (Fsp3) is 0.692. The van der Waals surface area contributed by atoms with Crippen molar-refractivity contribution in [1.29, 1.82) is 0 Å². The molecule has 0 N–H and O–H groups in total. The van der Waals surface area contributed by atoms with Crippen LogP contribution in [-0.2, 0) is 11.2 Å². The third-order valence-electron chi connectivity index (χ3n) is 3.50. The first-order chi connectivity index (χ1) is 8.60. The van der Waals surface area contributed by atoms with Crippen LogP contribution in [-0.4, -0.2) is 35.1 Å². The Morgan fingerprint density at radius 1 is 1.50 bits per heavy atom. The zero-order valence-electron chi connectivity index (χ0n) is 11.2. The number of rotatable bonds is 3. The number of aromatic nitrogens is 1. The number of thiazole rings is 1. The Bertz CT molecular complexity index is 423. The summed E-state index contributed by atoms with van der Waals surface area (Å²) in [6.45, 7) is 6.11. The zero-order valence-corrected chi connectivity index (χ0v) is 12.9. The lowest BCUT2D eigenvalue weighted by molar-refractivity contribution is -0.131. The molecule has 0 atom stereocenters. The minimum Gasteiger partial charge on any atom is -0.342 e. The first-order valence-electron chi connectivity index (χ1n) is 6.38. The fourth-order valence-corrected chi connectivity index (χ4v) is 3.81. The second kappa shape index (κ2) is 6.06. The molecule has 0 radical (unpaired) electrons. The highest BCUT2D eigenvalue weighted by Gasteiger charge is 2.21. The van der Waals surface area contributed by atoms with Gasteiger partial charge in [0.15, 0.2) is 0 Å². The molecule has 1 amide bonds. The Labute approximate surface area is 117 Å². The molecule has 2 heterocycles. The van der Waals surface area contributed by atoms with E-state index in [1.54, 1.807) is 23.1 Å². The summed E-state index contributed by atoms with van der Waals surface area (Å²) in [5.41, 5.74) is 1.02. The number of carbonyl (C=O) groups is 1. The molecular formula is C13H20N2OS2. The number of hydrogen-bond donors (Lipinski definition) is 0. The van der Waals surface area contributed by atoms with Gasteiger partial charge in [0.1, 0.15) is 4.34 Å². The van der Waals surface area contributed by atoms with Crippen LogP contribution in [0.3, 0.4) is 0 Å². The first kappa shape index (κ1) is 13.9. The largest absolute Gasteiger partial charge is 0.342 e. The Hall–Kier alpha value is -0.550. The molecular weight excluding hydrogens is 264 g/mol. The van der Waals surface area contributed by atoms with E-state index >= 15 is 0 Å². The van der Waals surface area contributed by atoms with Crippen molar-refractivity contribution in [3.8, 4) is 0 Å². The van der Waals surface area contributed by atoms with E-state index in [2.05, 4.69) is 11.9 Å². The molecule has 1 saturated heterocycles. The van der Waals surface area contributed by atoms with Crippen molar-refractivity contribution in [2.24, 2.45) is 5.92 Å². The quantitative estimate of drug-likeness (QED) is 0.800. The van der Waals surface area contributed by atoms with Gasteiger partial charge in [-0.2, -0.15) is 0 Å². The maximum absolute atomic E-state index is 12.2. The van der Waals surface area contributed by atoms with Crippen LogP contribution in [0.25, 0.3) is 0 Å². The van der Waals surface area contributed by atoms with Crippen LogP contribution < -0.4 is 0 Å². The lowest BCUT2D eigenvalue weighted by Gasteiger charge is -2.30. The van der Waals surface area contributed by atoms with Gasteiger partial charge in [0.25, 0.3) is 0 Å². The van der Waals surface area contributed by atoms with Gasteiger partial charge in [-0.05, 0) is 31.9 Å². The van der Waals surface area contributed by atoms with Crippen LogP contribution in [0.2, 0.25) is 0 Å². The van der Waals surface area contributed by atoms with Crippen LogP contribution in [0, 0.1) is 12.8 Å². The third kappa shape index (κ3) is 3.26. The van der Waals surface area contributed by atoms with Crippen LogP contribution in [0.1, 0.15) is 30.3 Å². The molecule has 2 rings (SSSR count). The van der Waals surface area contributed by atoms with Gasteiger partial charge >= 0.3 is 0 Å². The average molecular weight is 284 g/mol. The van der Waals surface area contributed by atoms with E-state index in [0.717, 1.165) is 46.8 Å². The van der Waals surface area contributed by atoms with E-state index < -0.39 is 0 Å². The smallest absolute Gasteiger partial charge is 0.227 e. The molecule has 1 aromatic rings. The fourth-order valence-electron chi connectivity index (χ4n) is 2.16. The number of aryl methyl sites for hydroxylation is 1. The van der Waals surface area contributed by atoms with Gasteiger partial charge in [-0.15, -0.1) is 11.3 Å². The molecule has 0 bridgehead atoms. The van der Waals surface area contributed by atoms with Crippen molar-refractivity contribution < 1.29 is 4.79 Å². The van der Waals surface area contributed by atoms with Crippen molar-refractivity contribution in [3.63, 3.8) is 0 Å². The molecule has 0 saturated carbocycles. The monoisotopic (exact) mass is 284 g/mol. The van der Waals surface area contributed by atoms with Crippen molar-refractivity contribution in [1.82, 2.24) is 9.88 Å². The standard InChI is InChI=1S/C13H20N2OS2/c1-9-4-6-15(7-5-9)12(16)8-11-10(2)14-13(17-3)18-11/h9H,4-8H2,1-3H3. The van der Waals surface area contributed by atoms with Gasteiger partial charge < -0.3 is 4.90 Å². The second-order valence-electron chi connectivity index (χ2n) is 4.93. The van der Waals surface area contributed by atoms with E-state index in [0.29, 0.717) is 6.42 Å². The number of hydrogen-bond acceptors (Lipinski definition) is 4. The Balaban J connectivity index is 1.96. The lowest BCUT2D eigenvalue weighted by atomic mass is 9.99. The van der Waals surface area contributed by atoms with Crippen molar-refractivity contribution in [3.05, 3.63) is 10.6 Å². The summed E-state index contributed by atoms with van der Waals surface area (Å²) in [6, 6.07) is 0. The Kier molecular flexibility index (Phi) is 4.67. The molecule has 0 unspecified atom stereocenters. The number of thioether (sulfide) groups is 1. The summed E-state index contributed by atoms with van der Waals surface area (Å²) in [4.78, 5) is 19.8. The molecule has 0 aliphatic carbocycles. The molecule has 1 fully saturated rings. The maximum atomic E-state index is 12.2. The van der Waals surface area contributed by atoms with E-state index in [1.165, 1.54) is 0 Å². The molecule has 0 aromatic carbocycles. The highest BCUT2D eigenvalue weighted by molar-refractivity contribution is 8.00. The van der Waals surface area contributed by atoms with Crippen molar-refractivity contribution in [2.45, 2.75) is 37.4 Å². The first-order valence-corrected chi connectivity index (χ1v) is 8.42. The molecule has 100 valence electrons. The summed E-state index contributed by atoms with van der Waals surface area (Å²) in [6.07, 6.45) is 4.83. The Morgan fingerprint density at radius 2 is 2.17 bits per heavy atom. The summed E-state index contributed by atoms with van der Waals surface area (Å²) >= 11 is 3.31. The van der Waals surface area contributed by atoms with Crippen molar-refractivity contribution >= 4 is 29.0 Å². The SMILES string of the molecule is CSc1nc(C)c(CC(=O)N2CCC(C)CC2)s1. The summed E-state index contributed by atoms with van der Waals surface area (Å²) in [5, 5.41) is 0. The molecule has 18 heavy (non-hydrogen) atoms. The summed E-state index contributed by atoms with van der Waals surface area (Å²) in [5.74, 6) is 1.03. The van der Waals surface area contributed by atoms with Crippen LogP contribution in [0.5, 0.6) is 0 Å². The molecule has 1 aromatic heterocycles. The molecule has 1 aliphatic rings. The number of nitrogens with zero attached hydrogens (tertiary/aromatic N) is 2. The van der Waals surface area contributed by atoms with E-state index in [9.17, 15) is 4.79 Å². The van der Waals surface area contributed by atoms with Gasteiger partial charge in [-0.1, -0.05) is 18.7 Å². The van der Waals surface area contributed by atoms with Gasteiger partial charge in [-0.25, -0.2) is 4.98 Å². The molecule has 0 spiro atoms. The highest BCUT2D eigenvalue weighted by Crippen LogP contribution is 2.26. The van der Waals surface area contributed by atoms with Crippen LogP contribution in [0.4, 0.5) is 0 Å². The molecule has 1 aliphatic heterocycles. The Morgan fingerprint density at radius 3 is 2.72 bits per heavy atom. The van der Waals surface area contributed by atoms with Gasteiger partial charge in [0.05, 0.1) is 12.1 Å². The van der Waals surface area contributed by atoms with Crippen molar-refractivity contribution in [2.75, 3.05) is 19.3 Å². The third-order valence-corrected chi connectivity index (χ3v) is 5.64. The minimum absolute atomic E-state index is 0.265. The van der Waals surface area contributed by atoms with Gasteiger partial charge in [0, 0.05) is 18.0 Å². The second-order valence-corrected chi connectivity index (χ2v) is 7.07. The van der Waals surface area contributed by atoms with Crippen LogP contribution >= 0.6 is 23.1 Å². The number of carbonyl (C=O) groups excluding carboxylic acids is 1. The topological polar surface area (TPSA) is 33.2 Å². The van der Waals surface area contributed by atoms with E-state index in [-0.39, 0.29) is 5.91 Å². The molecule has 3 nitrogen and oxygen atoms in total. The van der Waals surface area contributed by atoms with E-state index in [4.69, 9.17) is 0 Å². The molecule has 5 heteroatoms. The number of amides is 1. The number of piperidine rings is 1. The normalized spacial score (nSPS) is 17.2. The van der Waals surface area contributed by atoms with Crippen LogP contribution in [0.15, 0.2) is 4.34 Å². The summed E-state index contributed by atoms with van der Waals surface area (Å²) < 4.78 is 1.06.